The van der Waals surface area contributed by atoms with E-state index in [-0.39, 0.29) is 24.4 Å². The Morgan fingerprint density at radius 1 is 0.886 bits per heavy atom. The number of anilines is 1. The summed E-state index contributed by atoms with van der Waals surface area (Å²) in [5.41, 5.74) is 3.19. The maximum absolute atomic E-state index is 13.7. The third kappa shape index (κ3) is 4.78. The molecule has 3 aromatic rings. The molecule has 0 unspecified atom stereocenters. The van der Waals surface area contributed by atoms with Crippen molar-refractivity contribution in [1.82, 2.24) is 5.32 Å². The van der Waals surface area contributed by atoms with E-state index in [1.54, 1.807) is 12.1 Å². The van der Waals surface area contributed by atoms with Crippen LogP contribution in [0.2, 0.25) is 0 Å². The van der Waals surface area contributed by atoms with E-state index in [4.69, 9.17) is 14.2 Å². The van der Waals surface area contributed by atoms with Crippen LogP contribution in [0.3, 0.4) is 0 Å². The maximum atomic E-state index is 13.7. The molecule has 0 spiro atoms. The molecule has 1 saturated heterocycles. The molecule has 4 aliphatic carbocycles. The van der Waals surface area contributed by atoms with Crippen molar-refractivity contribution in [2.75, 3.05) is 11.7 Å². The normalized spacial score (nSPS) is 27.7. The van der Waals surface area contributed by atoms with Crippen LogP contribution >= 0.6 is 15.9 Å². The lowest BCUT2D eigenvalue weighted by Crippen LogP contribution is -2.54. The molecule has 1 N–H and O–H groups in total. The second-order valence-corrected chi connectivity index (χ2v) is 13.8. The summed E-state index contributed by atoms with van der Waals surface area (Å²) in [7, 11) is 0. The van der Waals surface area contributed by atoms with E-state index in [2.05, 4.69) is 33.4 Å². The number of carbonyl (C=O) groups is 3. The Morgan fingerprint density at radius 2 is 1.59 bits per heavy atom. The number of benzene rings is 3. The summed E-state index contributed by atoms with van der Waals surface area (Å²) in [5.74, 6) is 2.85. The van der Waals surface area contributed by atoms with Crippen LogP contribution in [0, 0.1) is 17.8 Å². The minimum absolute atomic E-state index is 0.152. The molecule has 2 aliphatic heterocycles. The van der Waals surface area contributed by atoms with Gasteiger partial charge < -0.3 is 14.2 Å². The lowest BCUT2D eigenvalue weighted by Gasteiger charge is -2.57. The highest BCUT2D eigenvalue weighted by Gasteiger charge is 2.51. The number of rotatable bonds is 6. The molecule has 0 aromatic heterocycles. The predicted octanol–water partition coefficient (Wildman–Crippen LogP) is 6.89. The first-order valence-corrected chi connectivity index (χ1v) is 16.0. The Kier molecular flexibility index (Phi) is 6.55. The molecule has 4 amide bonds. The second-order valence-electron chi connectivity index (χ2n) is 12.9. The largest absolute Gasteiger partial charge is 0.488 e. The van der Waals surface area contributed by atoms with Crippen molar-refractivity contribution >= 4 is 45.5 Å². The van der Waals surface area contributed by atoms with Crippen LogP contribution in [-0.4, -0.2) is 24.6 Å². The Hall–Kier alpha value is -4.11. The number of hydrogen-bond acceptors (Lipinski definition) is 6. The highest BCUT2D eigenvalue weighted by molar-refractivity contribution is 9.10. The molecular weight excluding hydrogens is 624 g/mol. The highest BCUT2D eigenvalue weighted by atomic mass is 79.9. The van der Waals surface area contributed by atoms with Gasteiger partial charge in [-0.1, -0.05) is 34.1 Å². The molecule has 3 aromatic carbocycles. The molecular formula is C35H31BrN2O6. The van der Waals surface area contributed by atoms with Crippen LogP contribution in [-0.2, 0) is 21.6 Å². The topological polar surface area (TPSA) is 94.2 Å². The minimum Gasteiger partial charge on any atom is -0.488 e. The standard InChI is InChI=1S/C35H31BrN2O6/c36-26-4-8-29(42-18-20-1-7-30-31(12-20)44-19-43-30)24(13-26)14-28-32(39)37-34(41)38(33(28)40)27-5-2-25(3-6-27)35-15-21-9-22(16-35)11-23(10-21)17-35/h1-8,12-14,21-23H,9-11,15-19H2,(H,37,39,41)/b28-14+. The molecule has 224 valence electrons. The average molecular weight is 656 g/mol. The number of nitrogens with zero attached hydrogens (tertiary/aromatic N) is 1. The van der Waals surface area contributed by atoms with Crippen molar-refractivity contribution in [2.45, 2.75) is 50.5 Å². The first kappa shape index (κ1) is 27.4. The Morgan fingerprint density at radius 3 is 2.32 bits per heavy atom. The van der Waals surface area contributed by atoms with Crippen molar-refractivity contribution in [1.29, 1.82) is 0 Å². The number of halogens is 1. The van der Waals surface area contributed by atoms with Gasteiger partial charge >= 0.3 is 6.03 Å². The van der Waals surface area contributed by atoms with E-state index < -0.39 is 17.8 Å². The van der Waals surface area contributed by atoms with Gasteiger partial charge in [0.15, 0.2) is 11.5 Å². The summed E-state index contributed by atoms with van der Waals surface area (Å²) in [6.07, 6.45) is 9.27. The van der Waals surface area contributed by atoms with Crippen molar-refractivity contribution in [3.63, 3.8) is 0 Å². The van der Waals surface area contributed by atoms with Crippen molar-refractivity contribution in [2.24, 2.45) is 17.8 Å². The highest BCUT2D eigenvalue weighted by Crippen LogP contribution is 2.60. The fraction of sp³-hybridized carbons (Fsp3) is 0.343. The van der Waals surface area contributed by atoms with Crippen LogP contribution in [0.5, 0.6) is 17.2 Å². The molecule has 9 heteroatoms. The first-order chi connectivity index (χ1) is 21.3. The summed E-state index contributed by atoms with van der Waals surface area (Å²) in [4.78, 5) is 40.7. The molecule has 0 atom stereocenters. The Balaban J connectivity index is 1.05. The van der Waals surface area contributed by atoms with Crippen molar-refractivity contribution in [3.8, 4) is 17.2 Å². The zero-order valence-electron chi connectivity index (χ0n) is 24.0. The molecule has 44 heavy (non-hydrogen) atoms. The second kappa shape index (κ2) is 10.5. The van der Waals surface area contributed by atoms with Gasteiger partial charge in [-0.15, -0.1) is 0 Å². The SMILES string of the molecule is O=C1NC(=O)N(c2ccc(C34CC5CC(CC(C5)C3)C4)cc2)C(=O)/C1=C/c1cc(Br)ccc1OCc1ccc2c(c1)OCO2. The number of carbonyl (C=O) groups excluding carboxylic acids is 3. The summed E-state index contributed by atoms with van der Waals surface area (Å²) in [6, 6.07) is 18.0. The van der Waals surface area contributed by atoms with E-state index in [1.165, 1.54) is 50.2 Å². The summed E-state index contributed by atoms with van der Waals surface area (Å²) in [6.45, 7) is 0.418. The van der Waals surface area contributed by atoms with Crippen molar-refractivity contribution in [3.05, 3.63) is 87.4 Å². The van der Waals surface area contributed by atoms with Crippen LogP contribution in [0.15, 0.2) is 70.7 Å². The Labute approximate surface area is 263 Å². The van der Waals surface area contributed by atoms with Gasteiger partial charge in [-0.25, -0.2) is 9.69 Å². The molecule has 4 saturated carbocycles. The monoisotopic (exact) mass is 654 g/mol. The van der Waals surface area contributed by atoms with Gasteiger partial charge in [0.2, 0.25) is 6.79 Å². The van der Waals surface area contributed by atoms with Gasteiger partial charge in [0, 0.05) is 10.0 Å². The van der Waals surface area contributed by atoms with Crippen LogP contribution in [0.25, 0.3) is 6.08 Å². The van der Waals surface area contributed by atoms with Crippen LogP contribution in [0.4, 0.5) is 10.5 Å². The van der Waals surface area contributed by atoms with Gasteiger partial charge in [0.25, 0.3) is 11.8 Å². The third-order valence-corrected chi connectivity index (χ3v) is 10.5. The summed E-state index contributed by atoms with van der Waals surface area (Å²) < 4.78 is 17.7. The lowest BCUT2D eigenvalue weighted by molar-refractivity contribution is -0.122. The van der Waals surface area contributed by atoms with E-state index >= 15 is 0 Å². The molecule has 9 rings (SSSR count). The zero-order valence-corrected chi connectivity index (χ0v) is 25.6. The summed E-state index contributed by atoms with van der Waals surface area (Å²) in [5, 5.41) is 2.35. The van der Waals surface area contributed by atoms with E-state index in [9.17, 15) is 14.4 Å². The average Bonchev–Trinajstić information content (AvgIpc) is 3.46. The number of nitrogens with one attached hydrogen (secondary N) is 1. The number of hydrogen-bond donors (Lipinski definition) is 1. The van der Waals surface area contributed by atoms with Gasteiger partial charge in [-0.05, 0) is 121 Å². The van der Waals surface area contributed by atoms with Gasteiger partial charge in [0.1, 0.15) is 17.9 Å². The lowest BCUT2D eigenvalue weighted by atomic mass is 9.48. The third-order valence-electron chi connectivity index (χ3n) is 9.98. The smallest absolute Gasteiger partial charge is 0.335 e. The van der Waals surface area contributed by atoms with Gasteiger partial charge in [-0.2, -0.15) is 0 Å². The molecule has 0 radical (unpaired) electrons. The number of barbiturate groups is 1. The van der Waals surface area contributed by atoms with E-state index in [0.717, 1.165) is 32.7 Å². The quantitative estimate of drug-likeness (QED) is 0.230. The fourth-order valence-electron chi connectivity index (χ4n) is 8.43. The summed E-state index contributed by atoms with van der Waals surface area (Å²) >= 11 is 3.48. The van der Waals surface area contributed by atoms with E-state index in [0.29, 0.717) is 28.5 Å². The van der Waals surface area contributed by atoms with E-state index in [1.807, 2.05) is 36.4 Å². The van der Waals surface area contributed by atoms with Crippen LogP contribution < -0.4 is 24.4 Å². The molecule has 5 fully saturated rings. The Bertz CT molecular complexity index is 1700. The number of ether oxygens (including phenoxy) is 3. The van der Waals surface area contributed by atoms with Crippen molar-refractivity contribution < 1.29 is 28.6 Å². The zero-order chi connectivity index (χ0) is 30.0. The van der Waals surface area contributed by atoms with Crippen LogP contribution in [0.1, 0.15) is 55.2 Å². The fourth-order valence-corrected chi connectivity index (χ4v) is 8.81. The maximum Gasteiger partial charge on any atom is 0.335 e. The molecule has 6 aliphatic rings. The molecule has 8 nitrogen and oxygen atoms in total. The predicted molar refractivity (Wildman–Crippen MR) is 166 cm³/mol. The number of imide groups is 2. The number of amides is 4. The minimum atomic E-state index is -0.756. The number of fused-ring (bicyclic) bond motifs is 1. The first-order valence-electron chi connectivity index (χ1n) is 15.2. The number of urea groups is 1. The van der Waals surface area contributed by atoms with Gasteiger partial charge in [0.05, 0.1) is 5.69 Å². The molecule has 2 heterocycles. The molecule has 4 bridgehead atoms. The van der Waals surface area contributed by atoms with Gasteiger partial charge in [-0.3, -0.25) is 14.9 Å².